The number of rotatable bonds is 2. The number of nitrogens with zero attached hydrogens (tertiary/aromatic N) is 2. The van der Waals surface area contributed by atoms with E-state index in [0.29, 0.717) is 5.69 Å². The Kier molecular flexibility index (Phi) is 2.67. The van der Waals surface area contributed by atoms with Gasteiger partial charge < -0.3 is 10.6 Å². The molecule has 2 N–H and O–H groups in total. The van der Waals surface area contributed by atoms with Gasteiger partial charge in [0.1, 0.15) is 5.82 Å². The molecule has 0 atom stereocenters. The molecule has 1 saturated heterocycles. The third-order valence-electron chi connectivity index (χ3n) is 3.71. The summed E-state index contributed by atoms with van der Waals surface area (Å²) in [5.41, 5.74) is 7.43. The quantitative estimate of drug-likeness (QED) is 0.792. The van der Waals surface area contributed by atoms with Gasteiger partial charge in [-0.25, -0.2) is 4.39 Å². The molecule has 0 bridgehead atoms. The van der Waals surface area contributed by atoms with E-state index in [2.05, 4.69) is 9.80 Å². The van der Waals surface area contributed by atoms with Crippen molar-refractivity contribution in [2.45, 2.75) is 18.9 Å². The third kappa shape index (κ3) is 2.22. The Bertz CT molecular complexity index is 409. The van der Waals surface area contributed by atoms with Crippen molar-refractivity contribution < 1.29 is 4.39 Å². The van der Waals surface area contributed by atoms with E-state index >= 15 is 0 Å². The lowest BCUT2D eigenvalue weighted by atomic mass is 10.2. The van der Waals surface area contributed by atoms with Crippen LogP contribution < -0.4 is 10.6 Å². The van der Waals surface area contributed by atoms with Gasteiger partial charge >= 0.3 is 0 Å². The highest BCUT2D eigenvalue weighted by molar-refractivity contribution is 5.67. The highest BCUT2D eigenvalue weighted by atomic mass is 19.1. The first kappa shape index (κ1) is 10.8. The Labute approximate surface area is 101 Å². The molecule has 0 radical (unpaired) electrons. The van der Waals surface area contributed by atoms with Crippen molar-refractivity contribution in [3.8, 4) is 0 Å². The Balaban J connectivity index is 1.70. The molecule has 0 spiro atoms. The minimum atomic E-state index is -0.209. The van der Waals surface area contributed by atoms with Crippen LogP contribution >= 0.6 is 0 Å². The Morgan fingerprint density at radius 2 is 1.82 bits per heavy atom. The van der Waals surface area contributed by atoms with E-state index in [1.165, 1.54) is 18.9 Å². The van der Waals surface area contributed by atoms with Gasteiger partial charge in [-0.2, -0.15) is 0 Å². The molecular weight excluding hydrogens is 217 g/mol. The number of anilines is 2. The molecule has 2 fully saturated rings. The molecule has 1 aromatic rings. The Hall–Kier alpha value is -1.29. The Morgan fingerprint density at radius 1 is 1.12 bits per heavy atom. The van der Waals surface area contributed by atoms with Gasteiger partial charge in [0.25, 0.3) is 0 Å². The topological polar surface area (TPSA) is 32.5 Å². The third-order valence-corrected chi connectivity index (χ3v) is 3.71. The minimum absolute atomic E-state index is 0.209. The van der Waals surface area contributed by atoms with Crippen LogP contribution in [-0.2, 0) is 0 Å². The van der Waals surface area contributed by atoms with E-state index in [1.54, 1.807) is 12.1 Å². The first-order chi connectivity index (χ1) is 8.24. The fraction of sp³-hybridized carbons (Fsp3) is 0.538. The summed E-state index contributed by atoms with van der Waals surface area (Å²) in [6.45, 7) is 4.04. The molecule has 92 valence electrons. The number of hydrogen-bond donors (Lipinski definition) is 1. The van der Waals surface area contributed by atoms with Crippen molar-refractivity contribution in [1.29, 1.82) is 0 Å². The zero-order valence-corrected chi connectivity index (χ0v) is 9.90. The summed E-state index contributed by atoms with van der Waals surface area (Å²) in [5, 5.41) is 0. The summed E-state index contributed by atoms with van der Waals surface area (Å²) in [5.74, 6) is -0.209. The van der Waals surface area contributed by atoms with Gasteiger partial charge in [-0.1, -0.05) is 0 Å². The normalized spacial score (nSPS) is 21.8. The molecule has 0 unspecified atom stereocenters. The lowest BCUT2D eigenvalue weighted by Crippen LogP contribution is -2.47. The summed E-state index contributed by atoms with van der Waals surface area (Å²) >= 11 is 0. The van der Waals surface area contributed by atoms with Crippen molar-refractivity contribution in [3.05, 3.63) is 24.0 Å². The van der Waals surface area contributed by atoms with Gasteiger partial charge in [-0.3, -0.25) is 4.90 Å². The van der Waals surface area contributed by atoms with Crippen LogP contribution in [0.25, 0.3) is 0 Å². The lowest BCUT2D eigenvalue weighted by Gasteiger charge is -2.36. The molecule has 0 amide bonds. The second-order valence-electron chi connectivity index (χ2n) is 4.96. The highest BCUT2D eigenvalue weighted by Gasteiger charge is 2.31. The monoisotopic (exact) mass is 235 g/mol. The lowest BCUT2D eigenvalue weighted by molar-refractivity contribution is 0.248. The first-order valence-electron chi connectivity index (χ1n) is 6.28. The van der Waals surface area contributed by atoms with E-state index in [-0.39, 0.29) is 5.82 Å². The van der Waals surface area contributed by atoms with E-state index in [4.69, 9.17) is 5.73 Å². The smallest absolute Gasteiger partial charge is 0.125 e. The largest absolute Gasteiger partial charge is 0.397 e. The van der Waals surface area contributed by atoms with E-state index in [1.807, 2.05) is 0 Å². The van der Waals surface area contributed by atoms with E-state index in [0.717, 1.165) is 37.9 Å². The van der Waals surface area contributed by atoms with Gasteiger partial charge in [-0.05, 0) is 31.0 Å². The van der Waals surface area contributed by atoms with Crippen LogP contribution in [0.3, 0.4) is 0 Å². The maximum absolute atomic E-state index is 13.2. The fourth-order valence-corrected chi connectivity index (χ4v) is 2.56. The number of piperazine rings is 1. The number of nitrogen functional groups attached to an aromatic ring is 1. The molecule has 3 rings (SSSR count). The maximum atomic E-state index is 13.2. The number of halogens is 1. The first-order valence-corrected chi connectivity index (χ1v) is 6.28. The summed E-state index contributed by atoms with van der Waals surface area (Å²) in [4.78, 5) is 4.73. The Morgan fingerprint density at radius 3 is 2.47 bits per heavy atom. The van der Waals surface area contributed by atoms with Crippen molar-refractivity contribution in [1.82, 2.24) is 4.90 Å². The molecule has 1 heterocycles. The molecule has 1 aromatic carbocycles. The van der Waals surface area contributed by atoms with Gasteiger partial charge in [-0.15, -0.1) is 0 Å². The molecule has 2 aliphatic rings. The van der Waals surface area contributed by atoms with Crippen LogP contribution in [0.1, 0.15) is 12.8 Å². The average molecular weight is 235 g/mol. The number of hydrogen-bond acceptors (Lipinski definition) is 3. The van der Waals surface area contributed by atoms with Crippen molar-refractivity contribution in [2.24, 2.45) is 0 Å². The minimum Gasteiger partial charge on any atom is -0.397 e. The molecule has 0 aromatic heterocycles. The zero-order chi connectivity index (χ0) is 11.8. The zero-order valence-electron chi connectivity index (χ0n) is 9.90. The SMILES string of the molecule is Nc1ccc(F)cc1N1CCN(C2CC2)CC1. The molecular formula is C13H18FN3. The summed E-state index contributed by atoms with van der Waals surface area (Å²) in [7, 11) is 0. The van der Waals surface area contributed by atoms with Crippen molar-refractivity contribution >= 4 is 11.4 Å². The second-order valence-corrected chi connectivity index (χ2v) is 4.96. The highest BCUT2D eigenvalue weighted by Crippen LogP contribution is 2.30. The predicted molar refractivity (Wildman–Crippen MR) is 67.6 cm³/mol. The summed E-state index contributed by atoms with van der Waals surface area (Å²) in [6, 6.07) is 5.43. The van der Waals surface area contributed by atoms with E-state index < -0.39 is 0 Å². The van der Waals surface area contributed by atoms with E-state index in [9.17, 15) is 4.39 Å². The fourth-order valence-electron chi connectivity index (χ4n) is 2.56. The van der Waals surface area contributed by atoms with Crippen LogP contribution in [-0.4, -0.2) is 37.1 Å². The van der Waals surface area contributed by atoms with Gasteiger partial charge in [0.15, 0.2) is 0 Å². The van der Waals surface area contributed by atoms with Crippen LogP contribution in [0.5, 0.6) is 0 Å². The van der Waals surface area contributed by atoms with Gasteiger partial charge in [0.05, 0.1) is 11.4 Å². The number of benzene rings is 1. The van der Waals surface area contributed by atoms with Gasteiger partial charge in [0.2, 0.25) is 0 Å². The second kappa shape index (κ2) is 4.18. The number of nitrogens with two attached hydrogens (primary N) is 1. The predicted octanol–water partition coefficient (Wildman–Crippen LogP) is 1.69. The molecule has 4 heteroatoms. The van der Waals surface area contributed by atoms with Crippen LogP contribution in [0, 0.1) is 5.82 Å². The molecule has 17 heavy (non-hydrogen) atoms. The maximum Gasteiger partial charge on any atom is 0.125 e. The standard InChI is InChI=1S/C13H18FN3/c14-10-1-4-12(15)13(9-10)17-7-5-16(6-8-17)11-2-3-11/h1,4,9,11H,2-3,5-8,15H2. The molecule has 1 aliphatic carbocycles. The molecule has 1 aliphatic heterocycles. The van der Waals surface area contributed by atoms with Crippen molar-refractivity contribution in [2.75, 3.05) is 36.8 Å². The summed E-state index contributed by atoms with van der Waals surface area (Å²) < 4.78 is 13.2. The molecule has 3 nitrogen and oxygen atoms in total. The van der Waals surface area contributed by atoms with Crippen LogP contribution in [0.2, 0.25) is 0 Å². The van der Waals surface area contributed by atoms with Crippen LogP contribution in [0.15, 0.2) is 18.2 Å². The van der Waals surface area contributed by atoms with Gasteiger partial charge in [0, 0.05) is 32.2 Å². The molecule has 1 saturated carbocycles. The average Bonchev–Trinajstić information content (AvgIpc) is 3.17. The van der Waals surface area contributed by atoms with Crippen LogP contribution in [0.4, 0.5) is 15.8 Å². The van der Waals surface area contributed by atoms with Crippen molar-refractivity contribution in [3.63, 3.8) is 0 Å². The summed E-state index contributed by atoms with van der Waals surface area (Å²) in [6.07, 6.45) is 2.70.